The molecule has 1 aromatic carbocycles. The Kier molecular flexibility index (Phi) is 3.38. The van der Waals surface area contributed by atoms with Gasteiger partial charge < -0.3 is 0 Å². The number of nitrogens with zero attached hydrogens (tertiary/aromatic N) is 1. The molecule has 17 heavy (non-hydrogen) atoms. The molecule has 1 heterocycles. The molecule has 0 radical (unpaired) electrons. The first-order valence-corrected chi connectivity index (χ1v) is 5.87. The number of rotatable bonds is 3. The Hall–Kier alpha value is -1.89. The number of allylic oxidation sites excluding steroid dienone is 2. The van der Waals surface area contributed by atoms with Crippen LogP contribution in [0.1, 0.15) is 25.0 Å². The summed E-state index contributed by atoms with van der Waals surface area (Å²) in [6.45, 7) is 4.29. The predicted octanol–water partition coefficient (Wildman–Crippen LogP) is 3.96. The van der Waals surface area contributed by atoms with Crippen LogP contribution in [-0.2, 0) is 5.41 Å². The summed E-state index contributed by atoms with van der Waals surface area (Å²) in [6, 6.07) is 14.7. The summed E-state index contributed by atoms with van der Waals surface area (Å²) >= 11 is 0. The van der Waals surface area contributed by atoms with E-state index in [9.17, 15) is 0 Å². The molecule has 0 aliphatic heterocycles. The van der Waals surface area contributed by atoms with Gasteiger partial charge in [0.15, 0.2) is 0 Å². The Morgan fingerprint density at radius 1 is 0.941 bits per heavy atom. The smallest absolute Gasteiger partial charge is 0.0354 e. The standard InChI is InChI=1S/C16H17N/c1-3-11-16(2,14-7-5-4-6-8-14)15-9-12-17-13-10-15/h3-13H,1-2H3/b11-3+. The molecule has 1 aromatic heterocycles. The zero-order valence-electron chi connectivity index (χ0n) is 10.3. The normalized spacial score (nSPS) is 14.7. The molecule has 2 aromatic rings. The monoisotopic (exact) mass is 223 g/mol. The van der Waals surface area contributed by atoms with E-state index in [1.807, 2.05) is 18.5 Å². The molecule has 1 atom stereocenters. The molecular weight excluding hydrogens is 206 g/mol. The summed E-state index contributed by atoms with van der Waals surface area (Å²) in [5.41, 5.74) is 2.47. The lowest BCUT2D eigenvalue weighted by Crippen LogP contribution is -2.20. The molecule has 0 bridgehead atoms. The van der Waals surface area contributed by atoms with Gasteiger partial charge in [-0.2, -0.15) is 0 Å². The zero-order valence-corrected chi connectivity index (χ0v) is 10.3. The van der Waals surface area contributed by atoms with Gasteiger partial charge in [0.1, 0.15) is 0 Å². The average Bonchev–Trinajstić information content (AvgIpc) is 2.41. The molecule has 0 spiro atoms. The van der Waals surface area contributed by atoms with Crippen LogP contribution in [0, 0.1) is 0 Å². The average molecular weight is 223 g/mol. The van der Waals surface area contributed by atoms with E-state index >= 15 is 0 Å². The van der Waals surface area contributed by atoms with Crippen molar-refractivity contribution in [3.05, 3.63) is 78.1 Å². The van der Waals surface area contributed by atoms with Crippen LogP contribution in [0.5, 0.6) is 0 Å². The van der Waals surface area contributed by atoms with Crippen LogP contribution in [0.3, 0.4) is 0 Å². The summed E-state index contributed by atoms with van der Waals surface area (Å²) in [5, 5.41) is 0. The third kappa shape index (κ3) is 2.28. The highest BCUT2D eigenvalue weighted by molar-refractivity contribution is 5.42. The molecular formula is C16H17N. The summed E-state index contributed by atoms with van der Waals surface area (Å²) < 4.78 is 0. The van der Waals surface area contributed by atoms with Gasteiger partial charge in [-0.25, -0.2) is 0 Å². The fraction of sp³-hybridized carbons (Fsp3) is 0.188. The van der Waals surface area contributed by atoms with Crippen molar-refractivity contribution >= 4 is 0 Å². The number of hydrogen-bond donors (Lipinski definition) is 0. The van der Waals surface area contributed by atoms with Gasteiger partial charge >= 0.3 is 0 Å². The van der Waals surface area contributed by atoms with Gasteiger partial charge in [0, 0.05) is 17.8 Å². The zero-order chi connectivity index (χ0) is 12.1. The fourth-order valence-corrected chi connectivity index (χ4v) is 2.17. The van der Waals surface area contributed by atoms with Gasteiger partial charge in [-0.15, -0.1) is 0 Å². The molecule has 0 saturated carbocycles. The third-order valence-corrected chi connectivity index (χ3v) is 3.15. The molecule has 0 aliphatic rings. The summed E-state index contributed by atoms with van der Waals surface area (Å²) in [5.74, 6) is 0. The lowest BCUT2D eigenvalue weighted by Gasteiger charge is -2.27. The molecule has 86 valence electrons. The van der Waals surface area contributed by atoms with E-state index < -0.39 is 0 Å². The Morgan fingerprint density at radius 2 is 1.53 bits per heavy atom. The lowest BCUT2D eigenvalue weighted by molar-refractivity contribution is 0.721. The minimum atomic E-state index is -0.0844. The number of aromatic nitrogens is 1. The van der Waals surface area contributed by atoms with Crippen molar-refractivity contribution in [2.24, 2.45) is 0 Å². The topological polar surface area (TPSA) is 12.9 Å². The SMILES string of the molecule is C/C=C/C(C)(c1ccccc1)c1ccncc1. The van der Waals surface area contributed by atoms with E-state index in [1.165, 1.54) is 11.1 Å². The third-order valence-electron chi connectivity index (χ3n) is 3.15. The van der Waals surface area contributed by atoms with Crippen LogP contribution < -0.4 is 0 Å². The van der Waals surface area contributed by atoms with Gasteiger partial charge in [0.25, 0.3) is 0 Å². The molecule has 2 rings (SSSR count). The quantitative estimate of drug-likeness (QED) is 0.718. The largest absolute Gasteiger partial charge is 0.265 e. The maximum Gasteiger partial charge on any atom is 0.0354 e. The molecule has 1 heteroatoms. The van der Waals surface area contributed by atoms with Gasteiger partial charge in [-0.1, -0.05) is 42.5 Å². The van der Waals surface area contributed by atoms with E-state index in [2.05, 4.69) is 67.4 Å². The highest BCUT2D eigenvalue weighted by Gasteiger charge is 2.25. The van der Waals surface area contributed by atoms with Gasteiger partial charge in [0.05, 0.1) is 0 Å². The van der Waals surface area contributed by atoms with Crippen LogP contribution in [0.4, 0.5) is 0 Å². The van der Waals surface area contributed by atoms with Crippen LogP contribution >= 0.6 is 0 Å². The van der Waals surface area contributed by atoms with Crippen molar-refractivity contribution in [3.63, 3.8) is 0 Å². The van der Waals surface area contributed by atoms with E-state index in [1.54, 1.807) is 0 Å². The van der Waals surface area contributed by atoms with Crippen molar-refractivity contribution in [3.8, 4) is 0 Å². The first-order valence-electron chi connectivity index (χ1n) is 5.87. The Balaban J connectivity index is 2.55. The van der Waals surface area contributed by atoms with Crippen LogP contribution in [-0.4, -0.2) is 4.98 Å². The van der Waals surface area contributed by atoms with E-state index in [0.29, 0.717) is 0 Å². The second-order valence-electron chi connectivity index (χ2n) is 4.30. The van der Waals surface area contributed by atoms with Gasteiger partial charge in [0.2, 0.25) is 0 Å². The second-order valence-corrected chi connectivity index (χ2v) is 4.30. The predicted molar refractivity (Wildman–Crippen MR) is 71.9 cm³/mol. The van der Waals surface area contributed by atoms with Crippen molar-refractivity contribution in [2.45, 2.75) is 19.3 Å². The molecule has 0 saturated heterocycles. The lowest BCUT2D eigenvalue weighted by atomic mass is 9.76. The van der Waals surface area contributed by atoms with Gasteiger partial charge in [-0.3, -0.25) is 4.98 Å². The maximum atomic E-state index is 4.09. The molecule has 0 fully saturated rings. The summed E-state index contributed by atoms with van der Waals surface area (Å²) in [6.07, 6.45) is 8.03. The second kappa shape index (κ2) is 4.96. The Morgan fingerprint density at radius 3 is 2.12 bits per heavy atom. The Bertz CT molecular complexity index is 446. The van der Waals surface area contributed by atoms with E-state index in [0.717, 1.165) is 0 Å². The van der Waals surface area contributed by atoms with Crippen molar-refractivity contribution < 1.29 is 0 Å². The summed E-state index contributed by atoms with van der Waals surface area (Å²) in [7, 11) is 0. The summed E-state index contributed by atoms with van der Waals surface area (Å²) in [4.78, 5) is 4.09. The Labute approximate surface area is 103 Å². The number of benzene rings is 1. The number of pyridine rings is 1. The maximum absolute atomic E-state index is 4.09. The highest BCUT2D eigenvalue weighted by atomic mass is 14.6. The van der Waals surface area contributed by atoms with Crippen molar-refractivity contribution in [1.82, 2.24) is 4.98 Å². The molecule has 1 unspecified atom stereocenters. The van der Waals surface area contributed by atoms with Crippen LogP contribution in [0.15, 0.2) is 67.0 Å². The highest BCUT2D eigenvalue weighted by Crippen LogP contribution is 2.32. The van der Waals surface area contributed by atoms with Crippen molar-refractivity contribution in [2.75, 3.05) is 0 Å². The fourth-order valence-electron chi connectivity index (χ4n) is 2.17. The van der Waals surface area contributed by atoms with Crippen LogP contribution in [0.2, 0.25) is 0 Å². The first-order chi connectivity index (χ1) is 8.27. The first kappa shape index (κ1) is 11.6. The molecule has 0 amide bonds. The van der Waals surface area contributed by atoms with Crippen LogP contribution in [0.25, 0.3) is 0 Å². The molecule has 0 aliphatic carbocycles. The van der Waals surface area contributed by atoms with Crippen molar-refractivity contribution in [1.29, 1.82) is 0 Å². The molecule has 0 N–H and O–H groups in total. The minimum Gasteiger partial charge on any atom is -0.265 e. The molecule has 1 nitrogen and oxygen atoms in total. The number of hydrogen-bond acceptors (Lipinski definition) is 1. The van der Waals surface area contributed by atoms with Gasteiger partial charge in [-0.05, 0) is 37.1 Å². The van der Waals surface area contributed by atoms with E-state index in [-0.39, 0.29) is 5.41 Å². The van der Waals surface area contributed by atoms with E-state index in [4.69, 9.17) is 0 Å². The minimum absolute atomic E-state index is 0.0844.